The van der Waals surface area contributed by atoms with Gasteiger partial charge in [-0.2, -0.15) is 0 Å². The monoisotopic (exact) mass is 341 g/mol. The molecule has 0 bridgehead atoms. The zero-order valence-electron chi connectivity index (χ0n) is 12.7. The minimum Gasteiger partial charge on any atom is -0.508 e. The molecule has 0 spiro atoms. The molecule has 2 aromatic carbocycles. The summed E-state index contributed by atoms with van der Waals surface area (Å²) >= 11 is 6.68. The summed E-state index contributed by atoms with van der Waals surface area (Å²) in [7, 11) is 0. The largest absolute Gasteiger partial charge is 0.508 e. The van der Waals surface area contributed by atoms with Crippen LogP contribution in [0.4, 0.5) is 5.69 Å². The third kappa shape index (κ3) is 3.02. The van der Waals surface area contributed by atoms with Crippen LogP contribution in [0.3, 0.4) is 0 Å². The first-order valence-electron chi connectivity index (χ1n) is 7.10. The van der Waals surface area contributed by atoms with E-state index < -0.39 is 0 Å². The van der Waals surface area contributed by atoms with Gasteiger partial charge in [0.25, 0.3) is 5.91 Å². The lowest BCUT2D eigenvalue weighted by molar-refractivity contribution is -0.113. The zero-order valence-corrected chi connectivity index (χ0v) is 14.4. The molecule has 23 heavy (non-hydrogen) atoms. The van der Waals surface area contributed by atoms with Crippen molar-refractivity contribution in [2.24, 2.45) is 0 Å². The molecule has 0 radical (unpaired) electrons. The van der Waals surface area contributed by atoms with Crippen molar-refractivity contribution >= 4 is 46.0 Å². The molecule has 1 aliphatic heterocycles. The van der Waals surface area contributed by atoms with Crippen LogP contribution in [0.5, 0.6) is 5.75 Å². The van der Waals surface area contributed by atoms with Crippen LogP contribution in [0.15, 0.2) is 47.4 Å². The van der Waals surface area contributed by atoms with E-state index in [1.54, 1.807) is 29.2 Å². The number of hydrogen-bond donors (Lipinski definition) is 1. The number of nitrogens with zero attached hydrogens (tertiary/aromatic N) is 1. The predicted octanol–water partition coefficient (Wildman–Crippen LogP) is 4.41. The second-order valence-electron chi connectivity index (χ2n) is 5.33. The van der Waals surface area contributed by atoms with Crippen LogP contribution < -0.4 is 4.90 Å². The maximum absolute atomic E-state index is 12.8. The molecule has 1 saturated heterocycles. The van der Waals surface area contributed by atoms with Crippen molar-refractivity contribution in [3.8, 4) is 5.75 Å². The number of anilines is 1. The van der Waals surface area contributed by atoms with Gasteiger partial charge in [-0.3, -0.25) is 9.69 Å². The fourth-order valence-electron chi connectivity index (χ4n) is 2.42. The molecule has 0 aromatic heterocycles. The first-order valence-corrected chi connectivity index (χ1v) is 8.33. The minimum atomic E-state index is -0.128. The van der Waals surface area contributed by atoms with Gasteiger partial charge in [-0.25, -0.2) is 0 Å². The summed E-state index contributed by atoms with van der Waals surface area (Å²) in [5.74, 6) is 0.0424. The summed E-state index contributed by atoms with van der Waals surface area (Å²) in [6.45, 7) is 4.00. The third-order valence-electron chi connectivity index (χ3n) is 3.78. The molecule has 0 aliphatic carbocycles. The SMILES string of the molecule is Cc1cccc(N2C(=O)/C(=C\c3cccc(O)c3)SC2=S)c1C. The van der Waals surface area contributed by atoms with Crippen molar-refractivity contribution in [2.45, 2.75) is 13.8 Å². The van der Waals surface area contributed by atoms with Gasteiger partial charge in [-0.05, 0) is 54.8 Å². The number of thioether (sulfide) groups is 1. The van der Waals surface area contributed by atoms with Crippen LogP contribution in [0.1, 0.15) is 16.7 Å². The number of aryl methyl sites for hydroxylation is 1. The lowest BCUT2D eigenvalue weighted by Crippen LogP contribution is -2.28. The van der Waals surface area contributed by atoms with Crippen molar-refractivity contribution in [1.29, 1.82) is 0 Å². The molecule has 1 amide bonds. The van der Waals surface area contributed by atoms with Gasteiger partial charge in [0.2, 0.25) is 0 Å². The van der Waals surface area contributed by atoms with Crippen LogP contribution in [0, 0.1) is 13.8 Å². The summed E-state index contributed by atoms with van der Waals surface area (Å²) in [5.41, 5.74) is 3.76. The van der Waals surface area contributed by atoms with Gasteiger partial charge in [0.15, 0.2) is 4.32 Å². The van der Waals surface area contributed by atoms with E-state index in [4.69, 9.17) is 12.2 Å². The van der Waals surface area contributed by atoms with Crippen molar-refractivity contribution in [1.82, 2.24) is 0 Å². The molecule has 0 atom stereocenters. The standard InChI is InChI=1S/C18H15NO2S2/c1-11-5-3-8-15(12(11)2)19-17(21)16(23-18(19)22)10-13-6-4-7-14(20)9-13/h3-10,20H,1-2H3/b16-10+. The van der Waals surface area contributed by atoms with E-state index in [1.807, 2.05) is 38.1 Å². The van der Waals surface area contributed by atoms with E-state index in [0.717, 1.165) is 22.4 Å². The predicted molar refractivity (Wildman–Crippen MR) is 99.7 cm³/mol. The minimum absolute atomic E-state index is 0.128. The van der Waals surface area contributed by atoms with E-state index >= 15 is 0 Å². The lowest BCUT2D eigenvalue weighted by atomic mass is 10.1. The fraction of sp³-hybridized carbons (Fsp3) is 0.111. The topological polar surface area (TPSA) is 40.5 Å². The summed E-state index contributed by atoms with van der Waals surface area (Å²) in [5, 5.41) is 9.54. The lowest BCUT2D eigenvalue weighted by Gasteiger charge is -2.18. The highest BCUT2D eigenvalue weighted by Gasteiger charge is 2.34. The van der Waals surface area contributed by atoms with E-state index in [9.17, 15) is 9.90 Å². The van der Waals surface area contributed by atoms with Crippen LogP contribution in [0.25, 0.3) is 6.08 Å². The Kier molecular flexibility index (Phi) is 4.24. The molecule has 5 heteroatoms. The molecule has 2 aromatic rings. The van der Waals surface area contributed by atoms with Crippen LogP contribution in [-0.2, 0) is 4.79 Å². The Morgan fingerprint density at radius 1 is 1.17 bits per heavy atom. The maximum Gasteiger partial charge on any atom is 0.270 e. The molecule has 3 rings (SSSR count). The van der Waals surface area contributed by atoms with Crippen LogP contribution >= 0.6 is 24.0 Å². The number of amides is 1. The molecule has 1 aliphatic rings. The highest BCUT2D eigenvalue weighted by molar-refractivity contribution is 8.27. The quantitative estimate of drug-likeness (QED) is 0.649. The Morgan fingerprint density at radius 2 is 1.91 bits per heavy atom. The molecule has 116 valence electrons. The molecule has 1 N–H and O–H groups in total. The molecule has 1 heterocycles. The Bertz CT molecular complexity index is 843. The third-order valence-corrected chi connectivity index (χ3v) is 5.08. The maximum atomic E-state index is 12.8. The summed E-state index contributed by atoms with van der Waals surface area (Å²) in [6, 6.07) is 12.6. The Labute approximate surface area is 144 Å². The molecular weight excluding hydrogens is 326 g/mol. The van der Waals surface area contributed by atoms with Gasteiger partial charge in [-0.1, -0.05) is 48.2 Å². The first-order chi connectivity index (χ1) is 11.0. The second kappa shape index (κ2) is 6.18. The van der Waals surface area contributed by atoms with Gasteiger partial charge in [0, 0.05) is 0 Å². The van der Waals surface area contributed by atoms with E-state index in [-0.39, 0.29) is 11.7 Å². The van der Waals surface area contributed by atoms with Gasteiger partial charge in [0.05, 0.1) is 10.6 Å². The zero-order chi connectivity index (χ0) is 16.6. The molecule has 0 saturated carbocycles. The summed E-state index contributed by atoms with van der Waals surface area (Å²) in [4.78, 5) is 14.9. The summed E-state index contributed by atoms with van der Waals surface area (Å²) in [6.07, 6.45) is 1.75. The summed E-state index contributed by atoms with van der Waals surface area (Å²) < 4.78 is 0.523. The molecule has 0 unspecified atom stereocenters. The Hall–Kier alpha value is -2.11. The number of rotatable bonds is 2. The number of carbonyl (C=O) groups is 1. The average Bonchev–Trinajstić information content (AvgIpc) is 2.77. The van der Waals surface area contributed by atoms with Crippen molar-refractivity contribution in [2.75, 3.05) is 4.90 Å². The smallest absolute Gasteiger partial charge is 0.270 e. The number of phenolic OH excluding ortho intramolecular Hbond substituents is 1. The number of carbonyl (C=O) groups excluding carboxylic acids is 1. The number of thiocarbonyl (C=S) groups is 1. The number of phenols is 1. The van der Waals surface area contributed by atoms with E-state index in [0.29, 0.717) is 9.23 Å². The van der Waals surface area contributed by atoms with Crippen LogP contribution in [-0.4, -0.2) is 15.3 Å². The van der Waals surface area contributed by atoms with Crippen molar-refractivity contribution < 1.29 is 9.90 Å². The first kappa shape index (κ1) is 15.8. The Balaban J connectivity index is 1.99. The van der Waals surface area contributed by atoms with Crippen molar-refractivity contribution in [3.63, 3.8) is 0 Å². The van der Waals surface area contributed by atoms with Gasteiger partial charge >= 0.3 is 0 Å². The van der Waals surface area contributed by atoms with Crippen LogP contribution in [0.2, 0.25) is 0 Å². The van der Waals surface area contributed by atoms with Gasteiger partial charge in [0.1, 0.15) is 5.75 Å². The van der Waals surface area contributed by atoms with Crippen molar-refractivity contribution in [3.05, 3.63) is 64.1 Å². The fourth-order valence-corrected chi connectivity index (χ4v) is 3.70. The average molecular weight is 341 g/mol. The normalized spacial score (nSPS) is 16.4. The molecule has 1 fully saturated rings. The Morgan fingerprint density at radius 3 is 2.65 bits per heavy atom. The number of hydrogen-bond acceptors (Lipinski definition) is 4. The highest BCUT2D eigenvalue weighted by atomic mass is 32.2. The number of aromatic hydroxyl groups is 1. The van der Waals surface area contributed by atoms with Gasteiger partial charge < -0.3 is 5.11 Å². The highest BCUT2D eigenvalue weighted by Crippen LogP contribution is 2.37. The van der Waals surface area contributed by atoms with E-state index in [2.05, 4.69) is 0 Å². The molecule has 3 nitrogen and oxygen atoms in total. The van der Waals surface area contributed by atoms with E-state index in [1.165, 1.54) is 11.8 Å². The number of benzene rings is 2. The molecular formula is C18H15NO2S2. The second-order valence-corrected chi connectivity index (χ2v) is 7.01. The van der Waals surface area contributed by atoms with Gasteiger partial charge in [-0.15, -0.1) is 0 Å².